The second-order valence-electron chi connectivity index (χ2n) is 6.65. The zero-order chi connectivity index (χ0) is 17.0. The number of hydrogen-bond acceptors (Lipinski definition) is 4. The average Bonchev–Trinajstić information content (AvgIpc) is 2.79. The van der Waals surface area contributed by atoms with Crippen molar-refractivity contribution in [1.82, 2.24) is 10.9 Å². The number of rotatable bonds is 4. The van der Waals surface area contributed by atoms with Crippen molar-refractivity contribution < 1.29 is 9.59 Å². The number of nitrogens with zero attached hydrogens (tertiary/aromatic N) is 2. The zero-order valence-electron chi connectivity index (χ0n) is 13.9. The topological polar surface area (TPSA) is 82.9 Å². The van der Waals surface area contributed by atoms with Gasteiger partial charge in [0, 0.05) is 12.1 Å². The van der Waals surface area contributed by atoms with Crippen LogP contribution in [0.1, 0.15) is 45.2 Å². The third kappa shape index (κ3) is 4.48. The maximum Gasteiger partial charge on any atom is 0.249 e. The highest BCUT2D eigenvalue weighted by atomic mass is 16.2. The Labute approximate surface area is 136 Å². The molecule has 1 aromatic rings. The van der Waals surface area contributed by atoms with E-state index < -0.39 is 5.92 Å². The number of carbonyl (C=O) groups is 2. The van der Waals surface area contributed by atoms with Gasteiger partial charge in [-0.1, -0.05) is 45.0 Å². The molecular formula is C17H22N4O2. The van der Waals surface area contributed by atoms with Gasteiger partial charge in [-0.05, 0) is 23.5 Å². The summed E-state index contributed by atoms with van der Waals surface area (Å²) in [5.74, 6) is -1.07. The molecule has 0 spiro atoms. The zero-order valence-corrected chi connectivity index (χ0v) is 13.9. The minimum absolute atomic E-state index is 0.0431. The van der Waals surface area contributed by atoms with Crippen LogP contribution in [0.2, 0.25) is 0 Å². The quantitative estimate of drug-likeness (QED) is 0.657. The number of carbonyl (C=O) groups excluding carboxylic acids is 2. The van der Waals surface area contributed by atoms with Gasteiger partial charge in [0.05, 0.1) is 12.1 Å². The summed E-state index contributed by atoms with van der Waals surface area (Å²) in [4.78, 5) is 23.3. The van der Waals surface area contributed by atoms with E-state index in [1.54, 1.807) is 13.1 Å². The van der Waals surface area contributed by atoms with Crippen molar-refractivity contribution in [2.75, 3.05) is 0 Å². The highest BCUT2D eigenvalue weighted by Gasteiger charge is 2.28. The van der Waals surface area contributed by atoms with E-state index in [2.05, 4.69) is 41.8 Å². The number of nitrogens with one attached hydrogen (secondary N) is 2. The van der Waals surface area contributed by atoms with Crippen LogP contribution in [0.5, 0.6) is 0 Å². The molecule has 0 unspecified atom stereocenters. The standard InChI is InChI=1S/C17H22N4O2/c1-11-14(16(23)21-19-11)9-15(22)20-18-10-12-5-7-13(8-6-12)17(2,3)4/h5-8,10,14H,9H2,1-4H3,(H,20,22)(H,21,23)/b18-10-/t14-/m1/s1. The molecule has 1 aliphatic heterocycles. The monoisotopic (exact) mass is 314 g/mol. The Morgan fingerprint density at radius 3 is 2.52 bits per heavy atom. The Kier molecular flexibility index (Phi) is 4.93. The second kappa shape index (κ2) is 6.73. The van der Waals surface area contributed by atoms with Crippen molar-refractivity contribution in [1.29, 1.82) is 0 Å². The lowest BCUT2D eigenvalue weighted by Crippen LogP contribution is -2.29. The molecule has 0 aromatic heterocycles. The summed E-state index contributed by atoms with van der Waals surface area (Å²) in [6.45, 7) is 8.18. The van der Waals surface area contributed by atoms with Crippen LogP contribution < -0.4 is 10.9 Å². The minimum atomic E-state index is -0.503. The molecule has 0 saturated carbocycles. The van der Waals surface area contributed by atoms with E-state index in [9.17, 15) is 9.59 Å². The molecule has 2 N–H and O–H groups in total. The predicted octanol–water partition coefficient (Wildman–Crippen LogP) is 1.95. The van der Waals surface area contributed by atoms with E-state index in [-0.39, 0.29) is 23.7 Å². The summed E-state index contributed by atoms with van der Waals surface area (Å²) in [6.07, 6.45) is 1.63. The molecule has 0 aliphatic carbocycles. The lowest BCUT2D eigenvalue weighted by molar-refractivity contribution is -0.127. The van der Waals surface area contributed by atoms with Crippen LogP contribution in [0.15, 0.2) is 34.5 Å². The van der Waals surface area contributed by atoms with Crippen LogP contribution in [0.4, 0.5) is 0 Å². The maximum atomic E-state index is 11.8. The first-order chi connectivity index (χ1) is 10.8. The number of benzene rings is 1. The van der Waals surface area contributed by atoms with Gasteiger partial charge in [-0.25, -0.2) is 10.9 Å². The fraction of sp³-hybridized carbons (Fsp3) is 0.412. The molecule has 6 nitrogen and oxygen atoms in total. The third-order valence-corrected chi connectivity index (χ3v) is 3.73. The van der Waals surface area contributed by atoms with Gasteiger partial charge in [0.2, 0.25) is 11.8 Å². The summed E-state index contributed by atoms with van der Waals surface area (Å²) >= 11 is 0. The van der Waals surface area contributed by atoms with Gasteiger partial charge in [0.15, 0.2) is 0 Å². The summed E-state index contributed by atoms with van der Waals surface area (Å²) < 4.78 is 0. The normalized spacial score (nSPS) is 18.0. The van der Waals surface area contributed by atoms with Crippen molar-refractivity contribution in [3.05, 3.63) is 35.4 Å². The van der Waals surface area contributed by atoms with E-state index in [0.717, 1.165) is 5.56 Å². The van der Waals surface area contributed by atoms with Gasteiger partial charge in [-0.3, -0.25) is 9.59 Å². The Bertz CT molecular complexity index is 654. The fourth-order valence-corrected chi connectivity index (χ4v) is 2.21. The van der Waals surface area contributed by atoms with E-state index in [1.807, 2.05) is 24.3 Å². The summed E-state index contributed by atoms with van der Waals surface area (Å²) in [5.41, 5.74) is 7.65. The first kappa shape index (κ1) is 16.9. The highest BCUT2D eigenvalue weighted by Crippen LogP contribution is 2.21. The van der Waals surface area contributed by atoms with Gasteiger partial charge >= 0.3 is 0 Å². The van der Waals surface area contributed by atoms with E-state index in [4.69, 9.17) is 0 Å². The van der Waals surface area contributed by atoms with Crippen LogP contribution in [0.25, 0.3) is 0 Å². The van der Waals surface area contributed by atoms with Gasteiger partial charge in [-0.2, -0.15) is 10.2 Å². The number of hydrogen-bond donors (Lipinski definition) is 2. The smallest absolute Gasteiger partial charge is 0.249 e. The molecule has 1 aliphatic rings. The largest absolute Gasteiger partial charge is 0.273 e. The molecule has 0 saturated heterocycles. The van der Waals surface area contributed by atoms with Gasteiger partial charge < -0.3 is 0 Å². The minimum Gasteiger partial charge on any atom is -0.273 e. The highest BCUT2D eigenvalue weighted by molar-refractivity contribution is 6.09. The maximum absolute atomic E-state index is 11.8. The van der Waals surface area contributed by atoms with Crippen LogP contribution in [0.3, 0.4) is 0 Å². The van der Waals surface area contributed by atoms with Crippen LogP contribution >= 0.6 is 0 Å². The molecule has 1 heterocycles. The Balaban J connectivity index is 1.88. The SMILES string of the molecule is CC1=NNC(=O)[C@@H]1CC(=O)N/N=C\c1ccc(C(C)(C)C)cc1. The Morgan fingerprint density at radius 2 is 2.00 bits per heavy atom. The molecule has 1 aromatic carbocycles. The molecule has 0 bridgehead atoms. The Morgan fingerprint density at radius 1 is 1.35 bits per heavy atom. The van der Waals surface area contributed by atoms with Crippen LogP contribution in [0, 0.1) is 5.92 Å². The molecule has 1 atom stereocenters. The molecule has 0 fully saturated rings. The summed E-state index contributed by atoms with van der Waals surface area (Å²) in [6, 6.07) is 8.01. The molecule has 122 valence electrons. The molecule has 6 heteroatoms. The second-order valence-corrected chi connectivity index (χ2v) is 6.65. The molecule has 0 radical (unpaired) electrons. The molecule has 23 heavy (non-hydrogen) atoms. The molecular weight excluding hydrogens is 292 g/mol. The van der Waals surface area contributed by atoms with Crippen LogP contribution in [-0.4, -0.2) is 23.7 Å². The van der Waals surface area contributed by atoms with E-state index >= 15 is 0 Å². The summed E-state index contributed by atoms with van der Waals surface area (Å²) in [5, 5.41) is 7.74. The number of hydrazone groups is 2. The van der Waals surface area contributed by atoms with Crippen molar-refractivity contribution in [3.63, 3.8) is 0 Å². The fourth-order valence-electron chi connectivity index (χ4n) is 2.21. The predicted molar refractivity (Wildman–Crippen MR) is 90.2 cm³/mol. The van der Waals surface area contributed by atoms with Crippen molar-refractivity contribution in [2.45, 2.75) is 39.5 Å². The van der Waals surface area contributed by atoms with Crippen LogP contribution in [-0.2, 0) is 15.0 Å². The van der Waals surface area contributed by atoms with Gasteiger partial charge in [-0.15, -0.1) is 0 Å². The first-order valence-electron chi connectivity index (χ1n) is 7.54. The van der Waals surface area contributed by atoms with Gasteiger partial charge in [0.1, 0.15) is 0 Å². The van der Waals surface area contributed by atoms with Crippen molar-refractivity contribution in [2.24, 2.45) is 16.1 Å². The van der Waals surface area contributed by atoms with Crippen molar-refractivity contribution >= 4 is 23.7 Å². The first-order valence-corrected chi connectivity index (χ1v) is 7.54. The third-order valence-electron chi connectivity index (χ3n) is 3.73. The summed E-state index contributed by atoms with van der Waals surface area (Å²) in [7, 11) is 0. The Hall–Kier alpha value is -2.50. The molecule has 2 rings (SSSR count). The van der Waals surface area contributed by atoms with Crippen molar-refractivity contribution in [3.8, 4) is 0 Å². The lowest BCUT2D eigenvalue weighted by atomic mass is 9.87. The van der Waals surface area contributed by atoms with Gasteiger partial charge in [0.25, 0.3) is 0 Å². The number of amides is 2. The van der Waals surface area contributed by atoms with E-state index in [1.165, 1.54) is 5.56 Å². The lowest BCUT2D eigenvalue weighted by Gasteiger charge is -2.18. The van der Waals surface area contributed by atoms with E-state index in [0.29, 0.717) is 5.71 Å². The average molecular weight is 314 g/mol. The molecule has 2 amide bonds.